The molecule has 0 atom stereocenters. The number of esters is 1. The Morgan fingerprint density at radius 3 is 1.81 bits per heavy atom. The molecule has 0 heterocycles. The van der Waals surface area contributed by atoms with E-state index in [2.05, 4.69) is 15.4 Å². The van der Waals surface area contributed by atoms with Gasteiger partial charge < -0.3 is 20.1 Å². The molecule has 0 saturated heterocycles. The highest BCUT2D eigenvalue weighted by Gasteiger charge is 2.04. The Bertz CT molecular complexity index is 275. The Kier molecular flexibility index (Phi) is 19.1. The van der Waals surface area contributed by atoms with Gasteiger partial charge in [0.25, 0.3) is 0 Å². The van der Waals surface area contributed by atoms with E-state index in [-0.39, 0.29) is 18.1 Å². The molecule has 0 aliphatic carbocycles. The van der Waals surface area contributed by atoms with Gasteiger partial charge in [0.05, 0.1) is 12.7 Å². The SMILES string of the molecule is CCNC(=O)CC.COC(=O)CNC=O.COC(C)(C)C. The van der Waals surface area contributed by atoms with Crippen LogP contribution >= 0.6 is 0 Å². The third-order valence-electron chi connectivity index (χ3n) is 1.86. The maximum absolute atomic E-state index is 10.3. The number of methoxy groups -OCH3 is 2. The summed E-state index contributed by atoms with van der Waals surface area (Å²) in [5.74, 6) is -0.320. The number of hydrogen-bond donors (Lipinski definition) is 2. The molecular weight excluding hydrogens is 276 g/mol. The molecule has 0 aromatic heterocycles. The van der Waals surface area contributed by atoms with Gasteiger partial charge in [-0.05, 0) is 27.7 Å². The Hall–Kier alpha value is -1.63. The van der Waals surface area contributed by atoms with E-state index in [0.29, 0.717) is 12.8 Å². The number of hydrogen-bond acceptors (Lipinski definition) is 5. The fourth-order valence-corrected chi connectivity index (χ4v) is 0.519. The first-order chi connectivity index (χ1) is 9.68. The average molecular weight is 306 g/mol. The van der Waals surface area contributed by atoms with Crippen LogP contribution in [0.5, 0.6) is 0 Å². The lowest BCUT2D eigenvalue weighted by molar-refractivity contribution is -0.140. The quantitative estimate of drug-likeness (QED) is 0.580. The third kappa shape index (κ3) is 32.2. The van der Waals surface area contributed by atoms with Crippen molar-refractivity contribution in [2.45, 2.75) is 46.6 Å². The van der Waals surface area contributed by atoms with Gasteiger partial charge in [-0.15, -0.1) is 0 Å². The van der Waals surface area contributed by atoms with Crippen LogP contribution in [0.15, 0.2) is 0 Å². The van der Waals surface area contributed by atoms with Crippen LogP contribution < -0.4 is 10.6 Å². The number of carbonyl (C=O) groups excluding carboxylic acids is 3. The molecule has 0 bridgehead atoms. The number of ether oxygens (including phenoxy) is 2. The Morgan fingerprint density at radius 2 is 1.62 bits per heavy atom. The van der Waals surface area contributed by atoms with E-state index in [1.807, 2.05) is 34.6 Å². The molecule has 0 unspecified atom stereocenters. The summed E-state index contributed by atoms with van der Waals surface area (Å²) in [6.45, 7) is 10.5. The average Bonchev–Trinajstić information content (AvgIpc) is 2.45. The first-order valence-electron chi connectivity index (χ1n) is 6.74. The summed E-state index contributed by atoms with van der Waals surface area (Å²) >= 11 is 0. The summed E-state index contributed by atoms with van der Waals surface area (Å²) < 4.78 is 9.13. The Labute approximate surface area is 127 Å². The molecular formula is C14H30N2O5. The van der Waals surface area contributed by atoms with E-state index in [1.54, 1.807) is 7.11 Å². The van der Waals surface area contributed by atoms with Crippen LogP contribution in [0.4, 0.5) is 0 Å². The van der Waals surface area contributed by atoms with Crippen molar-refractivity contribution < 1.29 is 23.9 Å². The molecule has 7 heteroatoms. The maximum Gasteiger partial charge on any atom is 0.325 e. The molecule has 0 radical (unpaired) electrons. The van der Waals surface area contributed by atoms with Gasteiger partial charge in [-0.1, -0.05) is 6.92 Å². The van der Waals surface area contributed by atoms with Gasteiger partial charge in [0, 0.05) is 20.1 Å². The Morgan fingerprint density at radius 1 is 1.14 bits per heavy atom. The van der Waals surface area contributed by atoms with Crippen LogP contribution in [0.2, 0.25) is 0 Å². The number of nitrogens with one attached hydrogen (secondary N) is 2. The molecule has 126 valence electrons. The van der Waals surface area contributed by atoms with E-state index >= 15 is 0 Å². The molecule has 0 saturated carbocycles. The number of amides is 2. The second kappa shape index (κ2) is 16.4. The molecule has 0 aliphatic heterocycles. The standard InChI is InChI=1S/C5H11NO.C5H12O.C4H7NO3/c1-3-5(7)6-4-2;1-5(2,3)6-4;1-8-4(7)2-5-3-6/h3-4H2,1-2H3,(H,6,7);1-4H3;3H,2H2,1H3,(H,5,6). The van der Waals surface area contributed by atoms with Gasteiger partial charge >= 0.3 is 5.97 Å². The predicted molar refractivity (Wildman–Crippen MR) is 81.8 cm³/mol. The van der Waals surface area contributed by atoms with Crippen LogP contribution in [0.1, 0.15) is 41.0 Å². The lowest BCUT2D eigenvalue weighted by Gasteiger charge is -2.14. The first kappa shape index (κ1) is 24.4. The van der Waals surface area contributed by atoms with Crippen molar-refractivity contribution >= 4 is 18.3 Å². The molecule has 2 amide bonds. The van der Waals surface area contributed by atoms with Crippen LogP contribution in [0.25, 0.3) is 0 Å². The minimum Gasteiger partial charge on any atom is -0.468 e. The number of rotatable bonds is 5. The predicted octanol–water partition coefficient (Wildman–Crippen LogP) is 0.869. The van der Waals surface area contributed by atoms with Gasteiger partial charge in [-0.2, -0.15) is 0 Å². The summed E-state index contributed by atoms with van der Waals surface area (Å²) in [4.78, 5) is 29.9. The topological polar surface area (TPSA) is 93.7 Å². The molecule has 0 aliphatic rings. The molecule has 0 aromatic rings. The first-order valence-corrected chi connectivity index (χ1v) is 6.74. The van der Waals surface area contributed by atoms with Gasteiger partial charge in [0.1, 0.15) is 6.54 Å². The fraction of sp³-hybridized carbons (Fsp3) is 0.786. The molecule has 0 rings (SSSR count). The Balaban J connectivity index is -0.000000234. The smallest absolute Gasteiger partial charge is 0.325 e. The zero-order chi connectivity index (χ0) is 17.3. The van der Waals surface area contributed by atoms with Crippen LogP contribution in [0.3, 0.4) is 0 Å². The van der Waals surface area contributed by atoms with Crippen molar-refractivity contribution in [3.05, 3.63) is 0 Å². The summed E-state index contributed by atoms with van der Waals surface area (Å²) in [5.41, 5.74) is 0.0417. The maximum atomic E-state index is 10.3. The van der Waals surface area contributed by atoms with Crippen molar-refractivity contribution in [1.29, 1.82) is 0 Å². The molecule has 0 fully saturated rings. The summed E-state index contributed by atoms with van der Waals surface area (Å²) in [7, 11) is 2.97. The molecule has 7 nitrogen and oxygen atoms in total. The summed E-state index contributed by atoms with van der Waals surface area (Å²) in [5, 5.41) is 4.80. The fourth-order valence-electron chi connectivity index (χ4n) is 0.519. The lowest BCUT2D eigenvalue weighted by atomic mass is 10.2. The molecule has 2 N–H and O–H groups in total. The van der Waals surface area contributed by atoms with E-state index in [1.165, 1.54) is 7.11 Å². The second-order valence-electron chi connectivity index (χ2n) is 4.70. The highest BCUT2D eigenvalue weighted by Crippen LogP contribution is 2.02. The zero-order valence-corrected chi connectivity index (χ0v) is 14.2. The third-order valence-corrected chi connectivity index (χ3v) is 1.86. The van der Waals surface area contributed by atoms with Crippen LogP contribution in [-0.2, 0) is 23.9 Å². The van der Waals surface area contributed by atoms with Gasteiger partial charge in [0.15, 0.2) is 0 Å². The van der Waals surface area contributed by atoms with Crippen molar-refractivity contribution in [1.82, 2.24) is 10.6 Å². The van der Waals surface area contributed by atoms with Crippen molar-refractivity contribution in [2.75, 3.05) is 27.3 Å². The van der Waals surface area contributed by atoms with E-state index in [0.717, 1.165) is 6.54 Å². The van der Waals surface area contributed by atoms with Gasteiger partial charge in [-0.3, -0.25) is 14.4 Å². The van der Waals surface area contributed by atoms with Gasteiger partial charge in [0.2, 0.25) is 12.3 Å². The number of carbonyl (C=O) groups is 3. The second-order valence-corrected chi connectivity index (χ2v) is 4.70. The van der Waals surface area contributed by atoms with E-state index in [9.17, 15) is 14.4 Å². The molecule has 21 heavy (non-hydrogen) atoms. The van der Waals surface area contributed by atoms with Crippen LogP contribution in [0, 0.1) is 0 Å². The lowest BCUT2D eigenvalue weighted by Crippen LogP contribution is -2.21. The van der Waals surface area contributed by atoms with Crippen molar-refractivity contribution in [3.8, 4) is 0 Å². The van der Waals surface area contributed by atoms with E-state index < -0.39 is 5.97 Å². The van der Waals surface area contributed by atoms with E-state index in [4.69, 9.17) is 4.74 Å². The molecule has 0 spiro atoms. The molecule has 0 aromatic carbocycles. The minimum atomic E-state index is -0.447. The van der Waals surface area contributed by atoms with Crippen molar-refractivity contribution in [3.63, 3.8) is 0 Å². The van der Waals surface area contributed by atoms with Crippen molar-refractivity contribution in [2.24, 2.45) is 0 Å². The highest BCUT2D eigenvalue weighted by molar-refractivity contribution is 5.75. The summed E-state index contributed by atoms with van der Waals surface area (Å²) in [6, 6.07) is 0. The monoisotopic (exact) mass is 306 g/mol. The van der Waals surface area contributed by atoms with Crippen LogP contribution in [-0.4, -0.2) is 51.2 Å². The zero-order valence-electron chi connectivity index (χ0n) is 14.2. The summed E-state index contributed by atoms with van der Waals surface area (Å²) in [6.07, 6.45) is 1.03. The minimum absolute atomic E-state index is 0.0417. The normalized spacial score (nSPS) is 9.10. The highest BCUT2D eigenvalue weighted by atomic mass is 16.5. The van der Waals surface area contributed by atoms with Gasteiger partial charge in [-0.25, -0.2) is 0 Å². The largest absolute Gasteiger partial charge is 0.468 e.